The lowest BCUT2D eigenvalue weighted by molar-refractivity contribution is -0.136. The van der Waals surface area contributed by atoms with Gasteiger partial charge in [0, 0.05) is 6.42 Å². The van der Waals surface area contributed by atoms with Crippen LogP contribution in [-0.2, 0) is 9.59 Å². The molecule has 16 heavy (non-hydrogen) atoms. The van der Waals surface area contributed by atoms with Crippen LogP contribution >= 0.6 is 11.6 Å². The highest BCUT2D eigenvalue weighted by Crippen LogP contribution is 2.25. The predicted molar refractivity (Wildman–Crippen MR) is 61.7 cm³/mol. The van der Waals surface area contributed by atoms with Crippen LogP contribution in [0.15, 0.2) is 24.3 Å². The number of carboxylic acids is 1. The van der Waals surface area contributed by atoms with E-state index in [0.29, 0.717) is 10.7 Å². The Balaban J connectivity index is 3.06. The molecule has 5 heteroatoms. The SMILES string of the molecule is CCC(=O)N(CC(=O)O)c1ccccc1Cl. The van der Waals surface area contributed by atoms with Crippen molar-refractivity contribution in [2.75, 3.05) is 11.4 Å². The average Bonchev–Trinajstić information content (AvgIpc) is 2.26. The van der Waals surface area contributed by atoms with E-state index >= 15 is 0 Å². The molecule has 1 rings (SSSR count). The fraction of sp³-hybridized carbons (Fsp3) is 0.273. The van der Waals surface area contributed by atoms with Crippen molar-refractivity contribution in [1.29, 1.82) is 0 Å². The minimum absolute atomic E-state index is 0.235. The van der Waals surface area contributed by atoms with Crippen LogP contribution in [0.25, 0.3) is 0 Å². The molecule has 0 aromatic heterocycles. The zero-order valence-electron chi connectivity index (χ0n) is 8.81. The summed E-state index contributed by atoms with van der Waals surface area (Å²) in [6.45, 7) is 1.30. The van der Waals surface area contributed by atoms with E-state index in [2.05, 4.69) is 0 Å². The van der Waals surface area contributed by atoms with Gasteiger partial charge in [-0.3, -0.25) is 14.5 Å². The summed E-state index contributed by atoms with van der Waals surface area (Å²) in [4.78, 5) is 23.5. The van der Waals surface area contributed by atoms with Crippen molar-refractivity contribution in [1.82, 2.24) is 0 Å². The predicted octanol–water partition coefficient (Wildman–Crippen LogP) is 2.17. The Morgan fingerprint density at radius 3 is 2.50 bits per heavy atom. The van der Waals surface area contributed by atoms with Crippen molar-refractivity contribution in [3.63, 3.8) is 0 Å². The van der Waals surface area contributed by atoms with Crippen molar-refractivity contribution in [2.45, 2.75) is 13.3 Å². The second kappa shape index (κ2) is 5.51. The Morgan fingerprint density at radius 2 is 2.00 bits per heavy atom. The molecule has 1 aromatic rings. The lowest BCUT2D eigenvalue weighted by atomic mass is 10.2. The average molecular weight is 242 g/mol. The molecular weight excluding hydrogens is 230 g/mol. The maximum Gasteiger partial charge on any atom is 0.323 e. The van der Waals surface area contributed by atoms with E-state index in [-0.39, 0.29) is 18.9 Å². The summed E-state index contributed by atoms with van der Waals surface area (Å²) in [7, 11) is 0. The van der Waals surface area contributed by atoms with Gasteiger partial charge in [-0.15, -0.1) is 0 Å². The highest BCUT2D eigenvalue weighted by atomic mass is 35.5. The molecular formula is C11H12ClNO3. The number of rotatable bonds is 4. The Labute approximate surface area is 98.4 Å². The number of carbonyl (C=O) groups excluding carboxylic acids is 1. The van der Waals surface area contributed by atoms with E-state index in [1.807, 2.05) is 0 Å². The molecule has 1 N–H and O–H groups in total. The van der Waals surface area contributed by atoms with E-state index in [9.17, 15) is 9.59 Å². The van der Waals surface area contributed by atoms with Gasteiger partial charge in [0.1, 0.15) is 6.54 Å². The second-order valence-electron chi connectivity index (χ2n) is 3.18. The normalized spacial score (nSPS) is 9.88. The molecule has 0 radical (unpaired) electrons. The molecule has 86 valence electrons. The van der Waals surface area contributed by atoms with E-state index in [1.165, 1.54) is 4.90 Å². The van der Waals surface area contributed by atoms with Crippen molar-refractivity contribution < 1.29 is 14.7 Å². The van der Waals surface area contributed by atoms with Gasteiger partial charge in [-0.1, -0.05) is 30.7 Å². The third-order valence-electron chi connectivity index (χ3n) is 2.04. The number of halogens is 1. The zero-order chi connectivity index (χ0) is 12.1. The van der Waals surface area contributed by atoms with Gasteiger partial charge in [-0.05, 0) is 12.1 Å². The Hall–Kier alpha value is -1.55. The number of hydrogen-bond donors (Lipinski definition) is 1. The van der Waals surface area contributed by atoms with Crippen LogP contribution in [0.4, 0.5) is 5.69 Å². The molecule has 0 saturated carbocycles. The quantitative estimate of drug-likeness (QED) is 0.879. The van der Waals surface area contributed by atoms with Crippen molar-refractivity contribution >= 4 is 29.2 Å². The topological polar surface area (TPSA) is 57.6 Å². The minimum Gasteiger partial charge on any atom is -0.480 e. The number of hydrogen-bond acceptors (Lipinski definition) is 2. The van der Waals surface area contributed by atoms with Gasteiger partial charge < -0.3 is 5.11 Å². The maximum atomic E-state index is 11.6. The summed E-state index contributed by atoms with van der Waals surface area (Å²) in [5.41, 5.74) is 0.429. The van der Waals surface area contributed by atoms with Crippen LogP contribution in [-0.4, -0.2) is 23.5 Å². The number of nitrogens with zero attached hydrogens (tertiary/aromatic N) is 1. The van der Waals surface area contributed by atoms with Crippen molar-refractivity contribution in [3.8, 4) is 0 Å². The molecule has 0 fully saturated rings. The van der Waals surface area contributed by atoms with Crippen LogP contribution in [0.5, 0.6) is 0 Å². The molecule has 0 aliphatic heterocycles. The molecule has 0 aliphatic rings. The van der Waals surface area contributed by atoms with Crippen LogP contribution in [0.3, 0.4) is 0 Å². The number of carboxylic acid groups (broad SMARTS) is 1. The fourth-order valence-electron chi connectivity index (χ4n) is 1.30. The van der Waals surface area contributed by atoms with Gasteiger partial charge in [-0.25, -0.2) is 0 Å². The van der Waals surface area contributed by atoms with E-state index in [4.69, 9.17) is 16.7 Å². The highest BCUT2D eigenvalue weighted by molar-refractivity contribution is 6.33. The first kappa shape index (κ1) is 12.5. The second-order valence-corrected chi connectivity index (χ2v) is 3.59. The zero-order valence-corrected chi connectivity index (χ0v) is 9.57. The molecule has 0 saturated heterocycles. The van der Waals surface area contributed by atoms with E-state index in [1.54, 1.807) is 31.2 Å². The lowest BCUT2D eigenvalue weighted by Gasteiger charge is -2.21. The number of carbonyl (C=O) groups is 2. The first-order valence-corrected chi connectivity index (χ1v) is 5.20. The fourth-order valence-corrected chi connectivity index (χ4v) is 1.54. The number of anilines is 1. The largest absolute Gasteiger partial charge is 0.480 e. The molecule has 0 unspecified atom stereocenters. The van der Waals surface area contributed by atoms with Crippen LogP contribution in [0.2, 0.25) is 5.02 Å². The monoisotopic (exact) mass is 241 g/mol. The summed E-state index contributed by atoms with van der Waals surface area (Å²) in [5.74, 6) is -1.34. The van der Waals surface area contributed by atoms with Gasteiger partial charge >= 0.3 is 5.97 Å². The first-order valence-electron chi connectivity index (χ1n) is 4.83. The molecule has 0 aliphatic carbocycles. The first-order chi connectivity index (χ1) is 7.56. The molecule has 0 heterocycles. The summed E-state index contributed by atoms with van der Waals surface area (Å²) < 4.78 is 0. The summed E-state index contributed by atoms with van der Waals surface area (Å²) in [6, 6.07) is 6.67. The molecule has 0 bridgehead atoms. The minimum atomic E-state index is -1.07. The van der Waals surface area contributed by atoms with Crippen LogP contribution < -0.4 is 4.90 Å². The number of aliphatic carboxylic acids is 1. The number of para-hydroxylation sites is 1. The van der Waals surface area contributed by atoms with Gasteiger partial charge in [-0.2, -0.15) is 0 Å². The third kappa shape index (κ3) is 2.97. The summed E-state index contributed by atoms with van der Waals surface area (Å²) in [5, 5.41) is 9.11. The van der Waals surface area contributed by atoms with Gasteiger partial charge in [0.25, 0.3) is 0 Å². The van der Waals surface area contributed by atoms with E-state index < -0.39 is 5.97 Å². The van der Waals surface area contributed by atoms with E-state index in [0.717, 1.165) is 0 Å². The van der Waals surface area contributed by atoms with Gasteiger partial charge in [0.15, 0.2) is 0 Å². The highest BCUT2D eigenvalue weighted by Gasteiger charge is 2.18. The number of benzene rings is 1. The standard InChI is InChI=1S/C11H12ClNO3/c1-2-10(14)13(7-11(15)16)9-6-4-3-5-8(9)12/h3-6H,2,7H2,1H3,(H,15,16). The third-order valence-corrected chi connectivity index (χ3v) is 2.36. The Kier molecular flexibility index (Phi) is 4.31. The van der Waals surface area contributed by atoms with Gasteiger partial charge in [0.2, 0.25) is 5.91 Å². The van der Waals surface area contributed by atoms with Crippen molar-refractivity contribution in [2.24, 2.45) is 0 Å². The lowest BCUT2D eigenvalue weighted by Crippen LogP contribution is -2.35. The van der Waals surface area contributed by atoms with Crippen LogP contribution in [0.1, 0.15) is 13.3 Å². The Bertz CT molecular complexity index is 406. The molecule has 0 atom stereocenters. The Morgan fingerprint density at radius 1 is 1.38 bits per heavy atom. The van der Waals surface area contributed by atoms with Crippen LogP contribution in [0, 0.1) is 0 Å². The maximum absolute atomic E-state index is 11.6. The van der Waals surface area contributed by atoms with Crippen molar-refractivity contribution in [3.05, 3.63) is 29.3 Å². The molecule has 4 nitrogen and oxygen atoms in total. The molecule has 1 amide bonds. The number of amides is 1. The summed E-state index contributed by atoms with van der Waals surface area (Å²) >= 11 is 5.92. The van der Waals surface area contributed by atoms with Gasteiger partial charge in [0.05, 0.1) is 10.7 Å². The summed E-state index contributed by atoms with van der Waals surface area (Å²) in [6.07, 6.45) is 0.235. The molecule has 0 spiro atoms. The molecule has 1 aromatic carbocycles. The smallest absolute Gasteiger partial charge is 0.323 e.